The molecule has 0 aliphatic carbocycles. The summed E-state index contributed by atoms with van der Waals surface area (Å²) in [6.07, 6.45) is 0.357. The molecule has 0 amide bonds. The predicted octanol–water partition coefficient (Wildman–Crippen LogP) is 3.30. The van der Waals surface area contributed by atoms with E-state index in [0.717, 1.165) is 16.5 Å². The first kappa shape index (κ1) is 13.2. The number of halogens is 1. The summed E-state index contributed by atoms with van der Waals surface area (Å²) in [6.45, 7) is 6.40. The molecule has 0 bridgehead atoms. The lowest BCUT2D eigenvalue weighted by Crippen LogP contribution is -2.09. The van der Waals surface area contributed by atoms with E-state index < -0.39 is 0 Å². The standard InChI is InChI=1S/C13H17BrO2/c1-4-16-13(15)7-11-5-9(2)10(3)6-12(11)8-14/h5-6H,4,7-8H2,1-3H3. The highest BCUT2D eigenvalue weighted by atomic mass is 79.9. The highest BCUT2D eigenvalue weighted by Gasteiger charge is 2.09. The molecule has 0 heterocycles. The summed E-state index contributed by atoms with van der Waals surface area (Å²) in [5, 5.41) is 0.767. The molecule has 0 unspecified atom stereocenters. The smallest absolute Gasteiger partial charge is 0.310 e. The van der Waals surface area contributed by atoms with Crippen LogP contribution in [-0.4, -0.2) is 12.6 Å². The third-order valence-electron chi connectivity index (χ3n) is 2.60. The number of aryl methyl sites for hydroxylation is 2. The minimum atomic E-state index is -0.159. The van der Waals surface area contributed by atoms with Crippen molar-refractivity contribution in [3.63, 3.8) is 0 Å². The summed E-state index contributed by atoms with van der Waals surface area (Å²) >= 11 is 3.44. The first-order chi connectivity index (χ1) is 7.58. The van der Waals surface area contributed by atoms with Crippen molar-refractivity contribution in [2.45, 2.75) is 32.5 Å². The fourth-order valence-electron chi connectivity index (χ4n) is 1.59. The first-order valence-corrected chi connectivity index (χ1v) is 6.51. The van der Waals surface area contributed by atoms with Crippen LogP contribution in [0.25, 0.3) is 0 Å². The Bertz CT molecular complexity index is 386. The van der Waals surface area contributed by atoms with Crippen molar-refractivity contribution in [1.29, 1.82) is 0 Å². The number of carbonyl (C=O) groups is 1. The number of benzene rings is 1. The maximum absolute atomic E-state index is 11.4. The molecule has 16 heavy (non-hydrogen) atoms. The van der Waals surface area contributed by atoms with Gasteiger partial charge in [-0.05, 0) is 43.0 Å². The van der Waals surface area contributed by atoms with Crippen molar-refractivity contribution in [2.75, 3.05) is 6.61 Å². The topological polar surface area (TPSA) is 26.3 Å². The highest BCUT2D eigenvalue weighted by molar-refractivity contribution is 9.08. The van der Waals surface area contributed by atoms with E-state index >= 15 is 0 Å². The quantitative estimate of drug-likeness (QED) is 0.626. The van der Waals surface area contributed by atoms with E-state index in [1.165, 1.54) is 11.1 Å². The van der Waals surface area contributed by atoms with Crippen molar-refractivity contribution in [2.24, 2.45) is 0 Å². The Morgan fingerprint density at radius 3 is 2.31 bits per heavy atom. The second-order valence-corrected chi connectivity index (χ2v) is 4.38. The van der Waals surface area contributed by atoms with Gasteiger partial charge in [0.1, 0.15) is 0 Å². The summed E-state index contributed by atoms with van der Waals surface area (Å²) in [7, 11) is 0. The van der Waals surface area contributed by atoms with Crippen molar-refractivity contribution >= 4 is 21.9 Å². The van der Waals surface area contributed by atoms with Gasteiger partial charge < -0.3 is 4.74 Å². The average Bonchev–Trinajstić information content (AvgIpc) is 2.23. The molecule has 0 saturated heterocycles. The molecular formula is C13H17BrO2. The van der Waals surface area contributed by atoms with Gasteiger partial charge in [-0.15, -0.1) is 0 Å². The van der Waals surface area contributed by atoms with Gasteiger partial charge in [-0.1, -0.05) is 28.1 Å². The van der Waals surface area contributed by atoms with E-state index in [1.807, 2.05) is 6.92 Å². The van der Waals surface area contributed by atoms with Crippen LogP contribution >= 0.6 is 15.9 Å². The second kappa shape index (κ2) is 6.04. The molecule has 88 valence electrons. The van der Waals surface area contributed by atoms with Crippen molar-refractivity contribution in [3.05, 3.63) is 34.4 Å². The Hall–Kier alpha value is -0.830. The third kappa shape index (κ3) is 3.34. The van der Waals surface area contributed by atoms with Gasteiger partial charge in [0.15, 0.2) is 0 Å². The fraction of sp³-hybridized carbons (Fsp3) is 0.462. The van der Waals surface area contributed by atoms with Gasteiger partial charge in [-0.3, -0.25) is 4.79 Å². The zero-order valence-corrected chi connectivity index (χ0v) is 11.6. The molecule has 0 saturated carbocycles. The van der Waals surface area contributed by atoms with E-state index in [2.05, 4.69) is 41.9 Å². The fourth-order valence-corrected chi connectivity index (χ4v) is 2.11. The molecule has 2 nitrogen and oxygen atoms in total. The summed E-state index contributed by atoms with van der Waals surface area (Å²) in [6, 6.07) is 4.20. The van der Waals surface area contributed by atoms with Crippen LogP contribution in [-0.2, 0) is 21.3 Å². The lowest BCUT2D eigenvalue weighted by molar-refractivity contribution is -0.142. The molecule has 0 radical (unpaired) electrons. The van der Waals surface area contributed by atoms with Gasteiger partial charge in [-0.2, -0.15) is 0 Å². The third-order valence-corrected chi connectivity index (χ3v) is 3.20. The van der Waals surface area contributed by atoms with Gasteiger partial charge in [0, 0.05) is 5.33 Å². The summed E-state index contributed by atoms with van der Waals surface area (Å²) in [4.78, 5) is 11.4. The Balaban J connectivity index is 2.94. The van der Waals surface area contributed by atoms with E-state index in [0.29, 0.717) is 13.0 Å². The highest BCUT2D eigenvalue weighted by Crippen LogP contribution is 2.19. The zero-order valence-electron chi connectivity index (χ0n) is 9.97. The number of rotatable bonds is 4. The summed E-state index contributed by atoms with van der Waals surface area (Å²) < 4.78 is 4.96. The van der Waals surface area contributed by atoms with Gasteiger partial charge in [-0.25, -0.2) is 0 Å². The molecule has 0 aliphatic rings. The van der Waals surface area contributed by atoms with Gasteiger partial charge in [0.2, 0.25) is 0 Å². The van der Waals surface area contributed by atoms with Gasteiger partial charge >= 0.3 is 5.97 Å². The zero-order chi connectivity index (χ0) is 12.1. The van der Waals surface area contributed by atoms with Gasteiger partial charge in [0.25, 0.3) is 0 Å². The number of esters is 1. The molecule has 0 atom stereocenters. The lowest BCUT2D eigenvalue weighted by Gasteiger charge is -2.10. The molecule has 0 aliphatic heterocycles. The summed E-state index contributed by atoms with van der Waals surface area (Å²) in [5.41, 5.74) is 4.68. The van der Waals surface area contributed by atoms with Crippen LogP contribution in [0.1, 0.15) is 29.2 Å². The van der Waals surface area contributed by atoms with E-state index in [-0.39, 0.29) is 5.97 Å². The maximum Gasteiger partial charge on any atom is 0.310 e. The molecule has 0 N–H and O–H groups in total. The lowest BCUT2D eigenvalue weighted by atomic mass is 9.99. The van der Waals surface area contributed by atoms with E-state index in [9.17, 15) is 4.79 Å². The van der Waals surface area contributed by atoms with E-state index in [4.69, 9.17) is 4.74 Å². The second-order valence-electron chi connectivity index (χ2n) is 3.82. The molecule has 0 aromatic heterocycles. The normalized spacial score (nSPS) is 10.2. The Kier molecular flexibility index (Phi) is 5.00. The number of alkyl halides is 1. The van der Waals surface area contributed by atoms with Crippen LogP contribution in [0.2, 0.25) is 0 Å². The van der Waals surface area contributed by atoms with Crippen LogP contribution in [0.15, 0.2) is 12.1 Å². The molecular weight excluding hydrogens is 268 g/mol. The van der Waals surface area contributed by atoms with Gasteiger partial charge in [0.05, 0.1) is 13.0 Å². The number of hydrogen-bond acceptors (Lipinski definition) is 2. The van der Waals surface area contributed by atoms with Crippen LogP contribution < -0.4 is 0 Å². The number of carbonyl (C=O) groups excluding carboxylic acids is 1. The van der Waals surface area contributed by atoms with Crippen LogP contribution in [0.5, 0.6) is 0 Å². The monoisotopic (exact) mass is 284 g/mol. The van der Waals surface area contributed by atoms with Crippen LogP contribution in [0, 0.1) is 13.8 Å². The molecule has 0 fully saturated rings. The Morgan fingerprint density at radius 2 is 1.81 bits per heavy atom. The minimum Gasteiger partial charge on any atom is -0.466 e. The van der Waals surface area contributed by atoms with Crippen LogP contribution in [0.3, 0.4) is 0 Å². The van der Waals surface area contributed by atoms with Crippen molar-refractivity contribution < 1.29 is 9.53 Å². The van der Waals surface area contributed by atoms with Crippen molar-refractivity contribution in [3.8, 4) is 0 Å². The average molecular weight is 285 g/mol. The Morgan fingerprint density at radius 1 is 1.25 bits per heavy atom. The largest absolute Gasteiger partial charge is 0.466 e. The maximum atomic E-state index is 11.4. The SMILES string of the molecule is CCOC(=O)Cc1cc(C)c(C)cc1CBr. The minimum absolute atomic E-state index is 0.159. The van der Waals surface area contributed by atoms with E-state index in [1.54, 1.807) is 0 Å². The number of hydrogen-bond donors (Lipinski definition) is 0. The van der Waals surface area contributed by atoms with Crippen molar-refractivity contribution in [1.82, 2.24) is 0 Å². The predicted molar refractivity (Wildman–Crippen MR) is 68.9 cm³/mol. The number of ether oxygens (including phenoxy) is 1. The summed E-state index contributed by atoms with van der Waals surface area (Å²) in [5.74, 6) is -0.159. The molecule has 1 aromatic carbocycles. The Labute approximate surface area is 105 Å². The molecule has 0 spiro atoms. The molecule has 1 aromatic rings. The van der Waals surface area contributed by atoms with Crippen LogP contribution in [0.4, 0.5) is 0 Å². The molecule has 1 rings (SSSR count). The molecule has 3 heteroatoms. The first-order valence-electron chi connectivity index (χ1n) is 5.39.